The Morgan fingerprint density at radius 3 is 2.56 bits per heavy atom. The van der Waals surface area contributed by atoms with E-state index >= 15 is 0 Å². The van der Waals surface area contributed by atoms with E-state index in [-0.39, 0.29) is 12.0 Å². The summed E-state index contributed by atoms with van der Waals surface area (Å²) in [4.78, 5) is 16.6. The van der Waals surface area contributed by atoms with E-state index in [4.69, 9.17) is 0 Å². The molecule has 1 amide bonds. The summed E-state index contributed by atoms with van der Waals surface area (Å²) in [6.07, 6.45) is 2.03. The fraction of sp³-hybridized carbons (Fsp3) is 0.650. The number of amides is 1. The first kappa shape index (κ1) is 19.9. The lowest BCUT2D eigenvalue weighted by atomic mass is 9.96. The molecule has 1 aliphatic rings. The Bertz CT molecular complexity index is 522. The molecule has 1 saturated heterocycles. The van der Waals surface area contributed by atoms with Crippen LogP contribution < -0.4 is 5.32 Å². The maximum atomic E-state index is 12.1. The van der Waals surface area contributed by atoms with Crippen LogP contribution in [0.4, 0.5) is 0 Å². The van der Waals surface area contributed by atoms with Crippen LogP contribution in [0.25, 0.3) is 0 Å². The Morgan fingerprint density at radius 2 is 1.96 bits per heavy atom. The van der Waals surface area contributed by atoms with Gasteiger partial charge in [-0.1, -0.05) is 29.8 Å². The largest absolute Gasteiger partial charge is 0.392 e. The normalized spacial score (nSPS) is 17.6. The maximum absolute atomic E-state index is 12.1. The average molecular weight is 348 g/mol. The molecule has 0 saturated carbocycles. The summed E-state index contributed by atoms with van der Waals surface area (Å²) in [5.41, 5.74) is 2.36. The monoisotopic (exact) mass is 347 g/mol. The zero-order valence-electron chi connectivity index (χ0n) is 15.9. The minimum Gasteiger partial charge on any atom is -0.392 e. The van der Waals surface area contributed by atoms with Gasteiger partial charge in [-0.05, 0) is 58.3 Å². The minimum absolute atomic E-state index is 0.0783. The molecule has 140 valence electrons. The van der Waals surface area contributed by atoms with Gasteiger partial charge < -0.3 is 15.3 Å². The molecule has 1 aromatic carbocycles. The smallest absolute Gasteiger partial charge is 0.234 e. The third-order valence-electron chi connectivity index (χ3n) is 4.82. The lowest BCUT2D eigenvalue weighted by Crippen LogP contribution is -2.42. The van der Waals surface area contributed by atoms with E-state index < -0.39 is 0 Å². The summed E-state index contributed by atoms with van der Waals surface area (Å²) in [5.74, 6) is 0.717. The molecule has 25 heavy (non-hydrogen) atoms. The third kappa shape index (κ3) is 7.55. The molecule has 5 nitrogen and oxygen atoms in total. The molecule has 2 rings (SSSR count). The highest BCUT2D eigenvalue weighted by molar-refractivity contribution is 5.77. The van der Waals surface area contributed by atoms with Crippen LogP contribution in [0.3, 0.4) is 0 Å². The van der Waals surface area contributed by atoms with E-state index in [0.717, 1.165) is 44.6 Å². The third-order valence-corrected chi connectivity index (χ3v) is 4.82. The number of benzene rings is 1. The van der Waals surface area contributed by atoms with E-state index in [1.54, 1.807) is 0 Å². The van der Waals surface area contributed by atoms with Gasteiger partial charge >= 0.3 is 0 Å². The Morgan fingerprint density at radius 1 is 1.32 bits per heavy atom. The quantitative estimate of drug-likeness (QED) is 0.751. The van der Waals surface area contributed by atoms with Gasteiger partial charge in [0.25, 0.3) is 0 Å². The number of aliphatic hydroxyl groups is 1. The molecule has 1 fully saturated rings. The SMILES string of the molecule is Cc1ccc(CNC(=O)CN(C)CC2CCN(C[C@@H](C)O)CC2)cc1. The van der Waals surface area contributed by atoms with Crippen molar-refractivity contribution in [3.05, 3.63) is 35.4 Å². The van der Waals surface area contributed by atoms with Gasteiger partial charge in [0.2, 0.25) is 5.91 Å². The van der Waals surface area contributed by atoms with E-state index in [2.05, 4.69) is 46.3 Å². The van der Waals surface area contributed by atoms with Crippen molar-refractivity contribution in [3.63, 3.8) is 0 Å². The molecule has 2 N–H and O–H groups in total. The summed E-state index contributed by atoms with van der Waals surface area (Å²) < 4.78 is 0. The van der Waals surface area contributed by atoms with Crippen molar-refractivity contribution in [2.75, 3.05) is 39.8 Å². The molecule has 1 atom stereocenters. The van der Waals surface area contributed by atoms with Crippen LogP contribution in [0, 0.1) is 12.8 Å². The van der Waals surface area contributed by atoms with Crippen molar-refractivity contribution in [3.8, 4) is 0 Å². The van der Waals surface area contributed by atoms with Gasteiger partial charge in [0.1, 0.15) is 0 Å². The first-order valence-corrected chi connectivity index (χ1v) is 9.33. The number of piperidine rings is 1. The second kappa shape index (κ2) is 9.90. The van der Waals surface area contributed by atoms with Gasteiger partial charge in [-0.25, -0.2) is 0 Å². The van der Waals surface area contributed by atoms with E-state index in [1.165, 1.54) is 5.56 Å². The highest BCUT2D eigenvalue weighted by Gasteiger charge is 2.21. The van der Waals surface area contributed by atoms with E-state index in [0.29, 0.717) is 19.0 Å². The number of likely N-dealkylation sites (tertiary alicyclic amines) is 1. The van der Waals surface area contributed by atoms with Gasteiger partial charge in [-0.15, -0.1) is 0 Å². The predicted molar refractivity (Wildman–Crippen MR) is 101 cm³/mol. The number of rotatable bonds is 8. The van der Waals surface area contributed by atoms with Crippen LogP contribution in [0.15, 0.2) is 24.3 Å². The molecule has 0 radical (unpaired) electrons. The van der Waals surface area contributed by atoms with Gasteiger partial charge in [0, 0.05) is 19.6 Å². The molecule has 1 aliphatic heterocycles. The van der Waals surface area contributed by atoms with Crippen LogP contribution >= 0.6 is 0 Å². The summed E-state index contributed by atoms with van der Waals surface area (Å²) >= 11 is 0. The fourth-order valence-electron chi connectivity index (χ4n) is 3.44. The summed E-state index contributed by atoms with van der Waals surface area (Å²) in [5, 5.41) is 12.5. The highest BCUT2D eigenvalue weighted by Crippen LogP contribution is 2.18. The number of aryl methyl sites for hydroxylation is 1. The Labute approximate surface area is 152 Å². The van der Waals surface area contributed by atoms with Crippen molar-refractivity contribution in [2.24, 2.45) is 5.92 Å². The molecular weight excluding hydrogens is 314 g/mol. The summed E-state index contributed by atoms with van der Waals surface area (Å²) in [6, 6.07) is 8.25. The number of nitrogens with zero attached hydrogens (tertiary/aromatic N) is 2. The first-order valence-electron chi connectivity index (χ1n) is 9.33. The Balaban J connectivity index is 1.63. The average Bonchev–Trinajstić information content (AvgIpc) is 2.55. The topological polar surface area (TPSA) is 55.8 Å². The van der Waals surface area contributed by atoms with Gasteiger partial charge in [0.05, 0.1) is 12.6 Å². The van der Waals surface area contributed by atoms with Gasteiger partial charge in [0.15, 0.2) is 0 Å². The lowest BCUT2D eigenvalue weighted by Gasteiger charge is -2.34. The number of β-amino-alcohol motifs (C(OH)–C–C–N with tert-alkyl or cyclic N) is 1. The van der Waals surface area contributed by atoms with Crippen molar-refractivity contribution in [1.29, 1.82) is 0 Å². The van der Waals surface area contributed by atoms with Crippen LogP contribution in [-0.2, 0) is 11.3 Å². The Hall–Kier alpha value is -1.43. The molecule has 0 aromatic heterocycles. The maximum Gasteiger partial charge on any atom is 0.234 e. The lowest BCUT2D eigenvalue weighted by molar-refractivity contribution is -0.122. The Kier molecular flexibility index (Phi) is 7.88. The molecule has 0 bridgehead atoms. The van der Waals surface area contributed by atoms with Crippen LogP contribution in [0.1, 0.15) is 30.9 Å². The highest BCUT2D eigenvalue weighted by atomic mass is 16.3. The predicted octanol–water partition coefficient (Wildman–Crippen LogP) is 1.64. The number of likely N-dealkylation sites (N-methyl/N-ethyl adjacent to an activating group) is 1. The molecule has 1 heterocycles. The number of carbonyl (C=O) groups is 1. The van der Waals surface area contributed by atoms with Crippen LogP contribution in [0.5, 0.6) is 0 Å². The second-order valence-corrected chi connectivity index (χ2v) is 7.55. The second-order valence-electron chi connectivity index (χ2n) is 7.55. The molecule has 1 aromatic rings. The summed E-state index contributed by atoms with van der Waals surface area (Å²) in [7, 11) is 2.02. The van der Waals surface area contributed by atoms with Crippen LogP contribution in [0.2, 0.25) is 0 Å². The number of hydrogen-bond acceptors (Lipinski definition) is 4. The molecule has 0 spiro atoms. The van der Waals surface area contributed by atoms with Crippen molar-refractivity contribution in [2.45, 2.75) is 39.3 Å². The zero-order chi connectivity index (χ0) is 18.2. The molecule has 0 aliphatic carbocycles. The zero-order valence-corrected chi connectivity index (χ0v) is 15.9. The van der Waals surface area contributed by atoms with Gasteiger partial charge in [-0.3, -0.25) is 9.69 Å². The summed E-state index contributed by atoms with van der Waals surface area (Å²) in [6.45, 7) is 8.75. The fourth-order valence-corrected chi connectivity index (χ4v) is 3.44. The molecular formula is C20H33N3O2. The van der Waals surface area contributed by atoms with E-state index in [9.17, 15) is 9.90 Å². The van der Waals surface area contributed by atoms with Crippen molar-refractivity contribution >= 4 is 5.91 Å². The van der Waals surface area contributed by atoms with Crippen LogP contribution in [-0.4, -0.2) is 66.7 Å². The standard InChI is InChI=1S/C20H33N3O2/c1-16-4-6-18(7-5-16)12-21-20(25)15-22(3)14-19-8-10-23(11-9-19)13-17(2)24/h4-7,17,19,24H,8-15H2,1-3H3,(H,21,25)/t17-/m1/s1. The van der Waals surface area contributed by atoms with Crippen molar-refractivity contribution in [1.82, 2.24) is 15.1 Å². The first-order chi connectivity index (χ1) is 11.9. The number of aliphatic hydroxyl groups excluding tert-OH is 1. The number of carbonyl (C=O) groups excluding carboxylic acids is 1. The number of hydrogen-bond donors (Lipinski definition) is 2. The number of nitrogens with one attached hydrogen (secondary N) is 1. The molecule has 0 unspecified atom stereocenters. The van der Waals surface area contributed by atoms with Gasteiger partial charge in [-0.2, -0.15) is 0 Å². The van der Waals surface area contributed by atoms with Crippen molar-refractivity contribution < 1.29 is 9.90 Å². The van der Waals surface area contributed by atoms with E-state index in [1.807, 2.05) is 14.0 Å². The minimum atomic E-state index is -0.253. The molecule has 5 heteroatoms.